The van der Waals surface area contributed by atoms with Crippen molar-refractivity contribution < 1.29 is 9.59 Å². The molecule has 6 nitrogen and oxygen atoms in total. The lowest BCUT2D eigenvalue weighted by atomic mass is 10.1. The number of carbonyl (C=O) groups is 2. The van der Waals surface area contributed by atoms with Crippen molar-refractivity contribution in [2.75, 3.05) is 5.32 Å². The van der Waals surface area contributed by atoms with Gasteiger partial charge < -0.3 is 5.32 Å². The smallest absolute Gasteiger partial charge is 0.224 e. The summed E-state index contributed by atoms with van der Waals surface area (Å²) >= 11 is 12.1. The number of nitrogens with zero attached hydrogens (tertiary/aromatic N) is 3. The summed E-state index contributed by atoms with van der Waals surface area (Å²) < 4.78 is 1.55. The first-order valence-corrected chi connectivity index (χ1v) is 9.93. The Morgan fingerprint density at radius 2 is 1.79 bits per heavy atom. The number of Topliss-reactive ketones (excluding diaryl/α,β-unsaturated/α-hetero) is 1. The molecule has 150 valence electrons. The zero-order chi connectivity index (χ0) is 21.0. The van der Waals surface area contributed by atoms with Crippen LogP contribution >= 0.6 is 23.2 Å². The number of amides is 1. The molecular formula is C21H20Cl2N4O2. The maximum Gasteiger partial charge on any atom is 0.224 e. The minimum Gasteiger partial charge on any atom is -0.326 e. The van der Waals surface area contributed by atoms with Crippen LogP contribution in [0, 0.1) is 6.92 Å². The molecule has 0 fully saturated rings. The number of halogens is 2. The molecule has 1 aromatic heterocycles. The van der Waals surface area contributed by atoms with E-state index in [0.29, 0.717) is 39.4 Å². The van der Waals surface area contributed by atoms with Crippen molar-refractivity contribution in [3.05, 3.63) is 63.9 Å². The summed E-state index contributed by atoms with van der Waals surface area (Å²) in [5.41, 5.74) is 1.90. The summed E-state index contributed by atoms with van der Waals surface area (Å²) in [5.74, 6) is 0.921. The standard InChI is InChI=1S/C21H20Cl2N4O2/c1-3-4-20(29)25-16-8-5-14(6-9-16)19(28)12-27-21(24-13(2)26-27)15-7-10-17(22)18(23)11-15/h5-11H,3-4,12H2,1-2H3,(H,25,29). The van der Waals surface area contributed by atoms with Gasteiger partial charge in [0, 0.05) is 23.2 Å². The number of rotatable bonds is 7. The molecule has 0 spiro atoms. The van der Waals surface area contributed by atoms with Crippen LogP contribution in [-0.4, -0.2) is 26.5 Å². The molecule has 0 bridgehead atoms. The number of anilines is 1. The quantitative estimate of drug-likeness (QED) is 0.523. The number of carbonyl (C=O) groups excluding carboxylic acids is 2. The fourth-order valence-electron chi connectivity index (χ4n) is 2.83. The highest BCUT2D eigenvalue weighted by atomic mass is 35.5. The lowest BCUT2D eigenvalue weighted by Gasteiger charge is -2.08. The van der Waals surface area contributed by atoms with E-state index in [1.807, 2.05) is 6.92 Å². The van der Waals surface area contributed by atoms with Crippen molar-refractivity contribution in [3.63, 3.8) is 0 Å². The lowest BCUT2D eigenvalue weighted by Crippen LogP contribution is -2.14. The summed E-state index contributed by atoms with van der Waals surface area (Å²) in [5, 5.41) is 7.99. The maximum absolute atomic E-state index is 12.7. The highest BCUT2D eigenvalue weighted by Crippen LogP contribution is 2.28. The Morgan fingerprint density at radius 1 is 1.07 bits per heavy atom. The average Bonchev–Trinajstić information content (AvgIpc) is 3.04. The minimum absolute atomic E-state index is 0.0258. The van der Waals surface area contributed by atoms with Crippen molar-refractivity contribution in [2.45, 2.75) is 33.2 Å². The second-order valence-corrected chi connectivity index (χ2v) is 7.38. The van der Waals surface area contributed by atoms with Gasteiger partial charge >= 0.3 is 0 Å². The molecule has 1 N–H and O–H groups in total. The summed E-state index contributed by atoms with van der Waals surface area (Å²) in [7, 11) is 0. The van der Waals surface area contributed by atoms with Crippen molar-refractivity contribution in [2.24, 2.45) is 0 Å². The molecule has 0 aliphatic carbocycles. The number of nitrogens with one attached hydrogen (secondary N) is 1. The van der Waals surface area contributed by atoms with Gasteiger partial charge in [-0.3, -0.25) is 9.59 Å². The monoisotopic (exact) mass is 430 g/mol. The van der Waals surface area contributed by atoms with Crippen LogP contribution in [0.15, 0.2) is 42.5 Å². The molecule has 0 atom stereocenters. The molecule has 0 saturated carbocycles. The average molecular weight is 431 g/mol. The second kappa shape index (κ2) is 9.20. The third kappa shape index (κ3) is 5.22. The Morgan fingerprint density at radius 3 is 2.45 bits per heavy atom. The second-order valence-electron chi connectivity index (χ2n) is 6.57. The van der Waals surface area contributed by atoms with E-state index in [1.54, 1.807) is 54.1 Å². The molecule has 0 unspecified atom stereocenters. The Bertz CT molecular complexity index is 1050. The Hall–Kier alpha value is -2.70. The molecule has 29 heavy (non-hydrogen) atoms. The number of hydrogen-bond donors (Lipinski definition) is 1. The molecule has 1 amide bonds. The molecule has 3 rings (SSSR count). The number of hydrogen-bond acceptors (Lipinski definition) is 4. The van der Waals surface area contributed by atoms with Gasteiger partial charge in [0.1, 0.15) is 12.4 Å². The van der Waals surface area contributed by atoms with Crippen molar-refractivity contribution in [3.8, 4) is 11.4 Å². The third-order valence-electron chi connectivity index (χ3n) is 4.22. The van der Waals surface area contributed by atoms with E-state index in [2.05, 4.69) is 15.4 Å². The van der Waals surface area contributed by atoms with E-state index < -0.39 is 0 Å². The zero-order valence-electron chi connectivity index (χ0n) is 16.1. The first-order chi connectivity index (χ1) is 13.9. The van der Waals surface area contributed by atoms with Gasteiger partial charge in [-0.1, -0.05) is 30.1 Å². The van der Waals surface area contributed by atoms with E-state index in [-0.39, 0.29) is 18.2 Å². The molecule has 1 heterocycles. The summed E-state index contributed by atoms with van der Waals surface area (Å²) in [6, 6.07) is 12.0. The lowest BCUT2D eigenvalue weighted by molar-refractivity contribution is -0.116. The van der Waals surface area contributed by atoms with Gasteiger partial charge in [-0.2, -0.15) is 5.10 Å². The molecule has 0 saturated heterocycles. The fraction of sp³-hybridized carbons (Fsp3) is 0.238. The van der Waals surface area contributed by atoms with E-state index in [0.717, 1.165) is 12.0 Å². The van der Waals surface area contributed by atoms with Gasteiger partial charge in [0.25, 0.3) is 0 Å². The van der Waals surface area contributed by atoms with E-state index in [4.69, 9.17) is 23.2 Å². The Balaban J connectivity index is 1.77. The number of ketones is 1. The predicted octanol–water partition coefficient (Wildman–Crippen LogP) is 5.18. The first kappa shape index (κ1) is 21.0. The number of aromatic nitrogens is 3. The topological polar surface area (TPSA) is 76.9 Å². The van der Waals surface area contributed by atoms with Crippen LogP contribution in [0.3, 0.4) is 0 Å². The van der Waals surface area contributed by atoms with E-state index in [9.17, 15) is 9.59 Å². The van der Waals surface area contributed by atoms with Crippen LogP contribution in [0.5, 0.6) is 0 Å². The van der Waals surface area contributed by atoms with Gasteiger partial charge in [0.2, 0.25) is 5.91 Å². The zero-order valence-corrected chi connectivity index (χ0v) is 17.6. The molecular weight excluding hydrogens is 411 g/mol. The van der Waals surface area contributed by atoms with Crippen molar-refractivity contribution in [1.82, 2.24) is 14.8 Å². The summed E-state index contributed by atoms with van der Waals surface area (Å²) in [4.78, 5) is 28.8. The number of benzene rings is 2. The number of aryl methyl sites for hydroxylation is 1. The van der Waals surface area contributed by atoms with E-state index >= 15 is 0 Å². The Labute approximate surface area is 178 Å². The van der Waals surface area contributed by atoms with E-state index in [1.165, 1.54) is 0 Å². The van der Waals surface area contributed by atoms with Crippen LogP contribution in [0.25, 0.3) is 11.4 Å². The minimum atomic E-state index is -0.123. The highest BCUT2D eigenvalue weighted by Gasteiger charge is 2.15. The maximum atomic E-state index is 12.7. The van der Waals surface area contributed by atoms with Gasteiger partial charge in [0.05, 0.1) is 10.0 Å². The van der Waals surface area contributed by atoms with Gasteiger partial charge in [-0.25, -0.2) is 9.67 Å². The van der Waals surface area contributed by atoms with Crippen molar-refractivity contribution >= 4 is 40.6 Å². The van der Waals surface area contributed by atoms with Crippen LogP contribution in [-0.2, 0) is 11.3 Å². The fourth-order valence-corrected chi connectivity index (χ4v) is 3.13. The van der Waals surface area contributed by atoms with Gasteiger partial charge in [0.15, 0.2) is 11.6 Å². The van der Waals surface area contributed by atoms with Crippen molar-refractivity contribution in [1.29, 1.82) is 0 Å². The highest BCUT2D eigenvalue weighted by molar-refractivity contribution is 6.42. The summed E-state index contributed by atoms with van der Waals surface area (Å²) in [6.45, 7) is 3.73. The molecule has 0 aliphatic heterocycles. The van der Waals surface area contributed by atoms with Gasteiger partial charge in [-0.05, 0) is 55.8 Å². The summed E-state index contributed by atoms with van der Waals surface area (Å²) in [6.07, 6.45) is 1.24. The third-order valence-corrected chi connectivity index (χ3v) is 4.96. The molecule has 0 aliphatic rings. The Kier molecular flexibility index (Phi) is 6.67. The molecule has 0 radical (unpaired) electrons. The normalized spacial score (nSPS) is 10.8. The molecule has 3 aromatic rings. The van der Waals surface area contributed by atoms with Crippen LogP contribution in [0.1, 0.15) is 35.9 Å². The van der Waals surface area contributed by atoms with Crippen LogP contribution in [0.2, 0.25) is 10.0 Å². The van der Waals surface area contributed by atoms with Gasteiger partial charge in [-0.15, -0.1) is 0 Å². The SMILES string of the molecule is CCCC(=O)Nc1ccc(C(=O)Cn2nc(C)nc2-c2ccc(Cl)c(Cl)c2)cc1. The predicted molar refractivity (Wildman–Crippen MR) is 115 cm³/mol. The molecule has 2 aromatic carbocycles. The van der Waals surface area contributed by atoms with Crippen LogP contribution in [0.4, 0.5) is 5.69 Å². The van der Waals surface area contributed by atoms with Crippen LogP contribution < -0.4 is 5.32 Å². The first-order valence-electron chi connectivity index (χ1n) is 9.17. The molecule has 8 heteroatoms. The largest absolute Gasteiger partial charge is 0.326 e.